The number of nitrogens with one attached hydrogen (secondary N) is 1. The molecule has 0 saturated heterocycles. The standard InChI is InChI=1S/C12H11ClN2O4/c1-7(11(16)15-12(17)18-2)19-10-4-3-8(6-14)5-9(10)13/h3-5,7H,1-2H3,(H,15,16,17)/t7-/m0/s1. The van der Waals surface area contributed by atoms with E-state index in [0.717, 1.165) is 7.11 Å². The van der Waals surface area contributed by atoms with E-state index in [1.54, 1.807) is 0 Å². The van der Waals surface area contributed by atoms with E-state index in [1.165, 1.54) is 25.1 Å². The van der Waals surface area contributed by atoms with Crippen molar-refractivity contribution < 1.29 is 19.1 Å². The number of hydrogen-bond acceptors (Lipinski definition) is 5. The molecule has 0 aliphatic heterocycles. The minimum absolute atomic E-state index is 0.205. The van der Waals surface area contributed by atoms with Gasteiger partial charge < -0.3 is 9.47 Å². The van der Waals surface area contributed by atoms with Crippen LogP contribution in [0.1, 0.15) is 12.5 Å². The molecule has 0 heterocycles. The molecule has 0 aromatic heterocycles. The van der Waals surface area contributed by atoms with Gasteiger partial charge in [0.15, 0.2) is 6.10 Å². The number of imide groups is 1. The van der Waals surface area contributed by atoms with Gasteiger partial charge in [0.2, 0.25) is 0 Å². The van der Waals surface area contributed by atoms with E-state index >= 15 is 0 Å². The van der Waals surface area contributed by atoms with Crippen LogP contribution < -0.4 is 10.1 Å². The third kappa shape index (κ3) is 4.16. The second kappa shape index (κ2) is 6.61. The van der Waals surface area contributed by atoms with Crippen molar-refractivity contribution in [3.63, 3.8) is 0 Å². The second-order valence-electron chi connectivity index (χ2n) is 3.50. The monoisotopic (exact) mass is 282 g/mol. The lowest BCUT2D eigenvalue weighted by atomic mass is 10.2. The molecule has 2 amide bonds. The number of nitriles is 1. The van der Waals surface area contributed by atoms with Gasteiger partial charge in [0.05, 0.1) is 23.8 Å². The fourth-order valence-corrected chi connectivity index (χ4v) is 1.39. The van der Waals surface area contributed by atoms with Crippen molar-refractivity contribution in [2.75, 3.05) is 7.11 Å². The number of carbonyl (C=O) groups is 2. The number of methoxy groups -OCH3 is 1. The van der Waals surface area contributed by atoms with Crippen LogP contribution in [0.15, 0.2) is 18.2 Å². The number of alkyl carbamates (subject to hydrolysis) is 1. The molecule has 1 rings (SSSR count). The molecule has 100 valence electrons. The van der Waals surface area contributed by atoms with Gasteiger partial charge in [0, 0.05) is 0 Å². The molecule has 0 saturated carbocycles. The first-order valence-electron chi connectivity index (χ1n) is 5.23. The van der Waals surface area contributed by atoms with Crippen molar-refractivity contribution in [3.8, 4) is 11.8 Å². The van der Waals surface area contributed by atoms with Crippen LogP contribution in [0.2, 0.25) is 5.02 Å². The van der Waals surface area contributed by atoms with Crippen LogP contribution in [0.25, 0.3) is 0 Å². The lowest BCUT2D eigenvalue weighted by Gasteiger charge is -2.14. The zero-order valence-corrected chi connectivity index (χ0v) is 11.0. The SMILES string of the molecule is COC(=O)NC(=O)[C@H](C)Oc1ccc(C#N)cc1Cl. The molecule has 7 heteroatoms. The van der Waals surface area contributed by atoms with Gasteiger partial charge in [-0.3, -0.25) is 10.1 Å². The summed E-state index contributed by atoms with van der Waals surface area (Å²) < 4.78 is 9.58. The van der Waals surface area contributed by atoms with Gasteiger partial charge >= 0.3 is 6.09 Å². The molecular formula is C12H11ClN2O4. The summed E-state index contributed by atoms with van der Waals surface area (Å²) in [5.74, 6) is -0.416. The molecule has 1 aromatic carbocycles. The van der Waals surface area contributed by atoms with Crippen molar-refractivity contribution in [3.05, 3.63) is 28.8 Å². The third-order valence-electron chi connectivity index (χ3n) is 2.14. The second-order valence-corrected chi connectivity index (χ2v) is 3.91. The fraction of sp³-hybridized carbons (Fsp3) is 0.250. The largest absolute Gasteiger partial charge is 0.479 e. The summed E-state index contributed by atoms with van der Waals surface area (Å²) >= 11 is 5.89. The molecule has 0 fully saturated rings. The number of ether oxygens (including phenoxy) is 2. The summed E-state index contributed by atoms with van der Waals surface area (Å²) in [4.78, 5) is 22.4. The minimum atomic E-state index is -0.940. The highest BCUT2D eigenvalue weighted by molar-refractivity contribution is 6.32. The maximum atomic E-state index is 11.5. The van der Waals surface area contributed by atoms with Crippen LogP contribution in [0.5, 0.6) is 5.75 Å². The van der Waals surface area contributed by atoms with Crippen molar-refractivity contribution in [1.82, 2.24) is 5.32 Å². The normalized spacial score (nSPS) is 11.1. The zero-order valence-electron chi connectivity index (χ0n) is 10.3. The molecule has 1 atom stereocenters. The number of rotatable bonds is 3. The lowest BCUT2D eigenvalue weighted by Crippen LogP contribution is -2.39. The molecule has 0 unspecified atom stereocenters. The Morgan fingerprint density at radius 3 is 2.68 bits per heavy atom. The maximum absolute atomic E-state index is 11.5. The van der Waals surface area contributed by atoms with Crippen LogP contribution in [-0.2, 0) is 9.53 Å². The molecule has 0 aliphatic rings. The molecular weight excluding hydrogens is 272 g/mol. The Morgan fingerprint density at radius 1 is 1.47 bits per heavy atom. The Bertz CT molecular complexity index is 539. The average Bonchev–Trinajstić information content (AvgIpc) is 2.40. The first-order valence-corrected chi connectivity index (χ1v) is 5.61. The number of nitrogens with zero attached hydrogens (tertiary/aromatic N) is 1. The Labute approximate surface area is 114 Å². The summed E-state index contributed by atoms with van der Waals surface area (Å²) in [7, 11) is 1.14. The Balaban J connectivity index is 2.72. The summed E-state index contributed by atoms with van der Waals surface area (Å²) in [5, 5.41) is 10.9. The van der Waals surface area contributed by atoms with Gasteiger partial charge in [-0.25, -0.2) is 4.79 Å². The van der Waals surface area contributed by atoms with E-state index in [4.69, 9.17) is 21.6 Å². The Morgan fingerprint density at radius 2 is 2.16 bits per heavy atom. The Hall–Kier alpha value is -2.26. The molecule has 0 spiro atoms. The summed E-state index contributed by atoms with van der Waals surface area (Å²) in [5.41, 5.74) is 0.379. The zero-order chi connectivity index (χ0) is 14.4. The third-order valence-corrected chi connectivity index (χ3v) is 2.44. The number of halogens is 1. The minimum Gasteiger partial charge on any atom is -0.479 e. The predicted molar refractivity (Wildman–Crippen MR) is 66.8 cm³/mol. The number of benzene rings is 1. The maximum Gasteiger partial charge on any atom is 0.413 e. The van der Waals surface area contributed by atoms with Crippen molar-refractivity contribution in [1.29, 1.82) is 5.26 Å². The predicted octanol–water partition coefficient (Wildman–Crippen LogP) is 1.86. The van der Waals surface area contributed by atoms with E-state index in [1.807, 2.05) is 11.4 Å². The first-order chi connectivity index (χ1) is 8.97. The van der Waals surface area contributed by atoms with Crippen molar-refractivity contribution in [2.24, 2.45) is 0 Å². The van der Waals surface area contributed by atoms with E-state index < -0.39 is 18.1 Å². The van der Waals surface area contributed by atoms with E-state index in [0.29, 0.717) is 5.56 Å². The summed E-state index contributed by atoms with van der Waals surface area (Å²) in [6, 6.07) is 6.32. The van der Waals surface area contributed by atoms with Crippen LogP contribution >= 0.6 is 11.6 Å². The smallest absolute Gasteiger partial charge is 0.413 e. The average molecular weight is 283 g/mol. The molecule has 0 aliphatic carbocycles. The molecule has 6 nitrogen and oxygen atoms in total. The van der Waals surface area contributed by atoms with Crippen LogP contribution in [0, 0.1) is 11.3 Å². The van der Waals surface area contributed by atoms with Gasteiger partial charge in [-0.2, -0.15) is 5.26 Å². The molecule has 0 bridgehead atoms. The van der Waals surface area contributed by atoms with E-state index in [2.05, 4.69) is 4.74 Å². The van der Waals surface area contributed by atoms with Crippen LogP contribution in [0.4, 0.5) is 4.79 Å². The van der Waals surface area contributed by atoms with Gasteiger partial charge in [0.25, 0.3) is 5.91 Å². The van der Waals surface area contributed by atoms with E-state index in [9.17, 15) is 9.59 Å². The highest BCUT2D eigenvalue weighted by Crippen LogP contribution is 2.26. The van der Waals surface area contributed by atoms with E-state index in [-0.39, 0.29) is 10.8 Å². The number of carbonyl (C=O) groups excluding carboxylic acids is 2. The molecule has 1 N–H and O–H groups in total. The van der Waals surface area contributed by atoms with Crippen LogP contribution in [-0.4, -0.2) is 25.2 Å². The van der Waals surface area contributed by atoms with Crippen molar-refractivity contribution >= 4 is 23.6 Å². The van der Waals surface area contributed by atoms with Crippen LogP contribution in [0.3, 0.4) is 0 Å². The number of hydrogen-bond donors (Lipinski definition) is 1. The number of amides is 2. The highest BCUT2D eigenvalue weighted by atomic mass is 35.5. The first kappa shape index (κ1) is 14.8. The molecule has 0 radical (unpaired) electrons. The van der Waals surface area contributed by atoms with Gasteiger partial charge in [-0.15, -0.1) is 0 Å². The van der Waals surface area contributed by atoms with Gasteiger partial charge in [0.1, 0.15) is 5.75 Å². The van der Waals surface area contributed by atoms with Crippen molar-refractivity contribution in [2.45, 2.75) is 13.0 Å². The van der Waals surface area contributed by atoms with Gasteiger partial charge in [-0.1, -0.05) is 11.6 Å². The molecule has 1 aromatic rings. The Kier molecular flexibility index (Phi) is 5.15. The quantitative estimate of drug-likeness (QED) is 0.914. The summed E-state index contributed by atoms with van der Waals surface area (Å²) in [6.07, 6.45) is -1.81. The van der Waals surface area contributed by atoms with Gasteiger partial charge in [-0.05, 0) is 25.1 Å². The fourth-order valence-electron chi connectivity index (χ4n) is 1.16. The lowest BCUT2D eigenvalue weighted by molar-refractivity contribution is -0.126. The summed E-state index contributed by atoms with van der Waals surface area (Å²) in [6.45, 7) is 1.45. The topological polar surface area (TPSA) is 88.4 Å². The highest BCUT2D eigenvalue weighted by Gasteiger charge is 2.18. The molecule has 19 heavy (non-hydrogen) atoms.